The van der Waals surface area contributed by atoms with E-state index >= 15 is 0 Å². The van der Waals surface area contributed by atoms with Crippen LogP contribution in [0.1, 0.15) is 24.3 Å². The van der Waals surface area contributed by atoms with E-state index in [2.05, 4.69) is 51.6 Å². The first-order valence-corrected chi connectivity index (χ1v) is 6.90. The van der Waals surface area contributed by atoms with E-state index in [1.165, 1.54) is 18.4 Å². The molecule has 0 atom stereocenters. The minimum atomic E-state index is 0.575. The molecule has 1 aromatic heterocycles. The van der Waals surface area contributed by atoms with Gasteiger partial charge in [0.1, 0.15) is 0 Å². The zero-order valence-corrected chi connectivity index (χ0v) is 11.7. The van der Waals surface area contributed by atoms with Gasteiger partial charge in [-0.25, -0.2) is 0 Å². The lowest BCUT2D eigenvalue weighted by molar-refractivity contribution is 1.13. The summed E-state index contributed by atoms with van der Waals surface area (Å²) in [6.07, 6.45) is 4.26. The Balaban J connectivity index is 1.94. The highest BCUT2D eigenvalue weighted by molar-refractivity contribution is 7.78. The molecule has 0 radical (unpaired) electrons. The average molecular weight is 287 g/mol. The molecule has 1 fully saturated rings. The first kappa shape index (κ1) is 12.5. The molecule has 2 aromatic rings. The highest BCUT2D eigenvalue weighted by atomic mass is 35.5. The molecule has 0 spiro atoms. The van der Waals surface area contributed by atoms with Crippen LogP contribution in [-0.4, -0.2) is 10.1 Å². The summed E-state index contributed by atoms with van der Waals surface area (Å²) >= 11 is 10.8. The summed E-state index contributed by atoms with van der Waals surface area (Å²) in [5.74, 6) is 0.761. The Bertz CT molecular complexity index is 656. The van der Waals surface area contributed by atoms with Crippen molar-refractivity contribution < 1.29 is 0 Å². The predicted molar refractivity (Wildman–Crippen MR) is 81.3 cm³/mol. The van der Waals surface area contributed by atoms with Gasteiger partial charge in [0.2, 0.25) is 0 Å². The molecule has 1 aliphatic rings. The van der Waals surface area contributed by atoms with Crippen molar-refractivity contribution in [3.8, 4) is 11.3 Å². The van der Waals surface area contributed by atoms with Crippen LogP contribution >= 0.6 is 23.8 Å². The van der Waals surface area contributed by atoms with Crippen molar-refractivity contribution in [2.45, 2.75) is 18.8 Å². The number of aromatic nitrogens is 1. The number of pyridine rings is 1. The van der Waals surface area contributed by atoms with Crippen LogP contribution in [0.15, 0.2) is 41.5 Å². The second-order valence-corrected chi connectivity index (χ2v) is 5.21. The lowest BCUT2D eigenvalue weighted by Gasteiger charge is -2.05. The van der Waals surface area contributed by atoms with Gasteiger partial charge in [0.25, 0.3) is 0 Å². The van der Waals surface area contributed by atoms with Gasteiger partial charge in [-0.05, 0) is 42.6 Å². The largest absolute Gasteiger partial charge is 0.252 e. The zero-order chi connectivity index (χ0) is 13.2. The Morgan fingerprint density at radius 3 is 2.58 bits per heavy atom. The molecule has 0 aliphatic heterocycles. The number of hydrogen-bond acceptors (Lipinski definition) is 3. The van der Waals surface area contributed by atoms with Crippen LogP contribution in [-0.2, 0) is 0 Å². The molecule has 4 heteroatoms. The van der Waals surface area contributed by atoms with Crippen LogP contribution in [0.5, 0.6) is 0 Å². The normalized spacial score (nSPS) is 13.9. The number of rotatable bonds is 3. The van der Waals surface area contributed by atoms with Gasteiger partial charge in [0, 0.05) is 5.56 Å². The third-order valence-electron chi connectivity index (χ3n) is 3.23. The Hall–Kier alpha value is -1.54. The topological polar surface area (TPSA) is 25.2 Å². The molecule has 0 saturated heterocycles. The summed E-state index contributed by atoms with van der Waals surface area (Å²) in [7, 11) is 0. The van der Waals surface area contributed by atoms with Crippen LogP contribution in [0.3, 0.4) is 0 Å². The van der Waals surface area contributed by atoms with Crippen LogP contribution < -0.4 is 0 Å². The van der Waals surface area contributed by atoms with Crippen molar-refractivity contribution in [3.63, 3.8) is 0 Å². The van der Waals surface area contributed by atoms with Gasteiger partial charge in [-0.15, -0.1) is 0 Å². The summed E-state index contributed by atoms with van der Waals surface area (Å²) in [6.45, 7) is 0. The fourth-order valence-corrected chi connectivity index (χ4v) is 2.46. The number of halogens is 1. The maximum Gasteiger partial charge on any atom is 0.0937 e. The Labute approximate surface area is 122 Å². The molecular formula is C15H11ClN2S. The summed E-state index contributed by atoms with van der Waals surface area (Å²) in [4.78, 5) is 8.21. The van der Waals surface area contributed by atoms with Crippen LogP contribution in [0.2, 0.25) is 5.02 Å². The first-order valence-electron chi connectivity index (χ1n) is 6.11. The van der Waals surface area contributed by atoms with Crippen LogP contribution in [0, 0.1) is 0 Å². The molecule has 1 aromatic carbocycles. The molecule has 0 bridgehead atoms. The highest BCUT2D eigenvalue weighted by Gasteiger charge is 2.23. The second-order valence-electron chi connectivity index (χ2n) is 4.62. The molecule has 3 rings (SSSR count). The highest BCUT2D eigenvalue weighted by Crippen LogP contribution is 2.40. The lowest BCUT2D eigenvalue weighted by Crippen LogP contribution is -1.86. The number of benzene rings is 1. The third-order valence-corrected chi connectivity index (χ3v) is 3.61. The van der Waals surface area contributed by atoms with Gasteiger partial charge in [0.15, 0.2) is 0 Å². The summed E-state index contributed by atoms with van der Waals surface area (Å²) < 4.78 is 0. The molecule has 0 N–H and O–H groups in total. The van der Waals surface area contributed by atoms with Crippen molar-refractivity contribution in [3.05, 3.63) is 47.1 Å². The van der Waals surface area contributed by atoms with Crippen molar-refractivity contribution in [2.24, 2.45) is 4.99 Å². The zero-order valence-electron chi connectivity index (χ0n) is 10.1. The quantitative estimate of drug-likeness (QED) is 0.585. The Morgan fingerprint density at radius 1 is 1.26 bits per heavy atom. The van der Waals surface area contributed by atoms with Crippen molar-refractivity contribution in [1.29, 1.82) is 0 Å². The number of nitrogens with zero attached hydrogens (tertiary/aromatic N) is 2. The van der Waals surface area contributed by atoms with E-state index in [0.717, 1.165) is 17.2 Å². The molecule has 0 unspecified atom stereocenters. The maximum absolute atomic E-state index is 6.23. The van der Waals surface area contributed by atoms with Crippen LogP contribution in [0.25, 0.3) is 11.3 Å². The number of aliphatic imine (C=N–C) groups is 1. The van der Waals surface area contributed by atoms with Gasteiger partial charge in [0.05, 0.1) is 27.8 Å². The molecule has 19 heavy (non-hydrogen) atoms. The molecule has 94 valence electrons. The lowest BCUT2D eigenvalue weighted by atomic mass is 10.1. The predicted octanol–water partition coefficient (Wildman–Crippen LogP) is 5.01. The monoisotopic (exact) mass is 286 g/mol. The fourth-order valence-electron chi connectivity index (χ4n) is 2.08. The van der Waals surface area contributed by atoms with E-state index in [1.807, 2.05) is 0 Å². The Morgan fingerprint density at radius 2 is 2.00 bits per heavy atom. The van der Waals surface area contributed by atoms with E-state index in [1.54, 1.807) is 12.3 Å². The van der Waals surface area contributed by atoms with Gasteiger partial charge >= 0.3 is 0 Å². The SMILES string of the molecule is S=C=Nc1cnc(-c2ccc(C3CC3)cc2)c(Cl)c1. The molecule has 2 nitrogen and oxygen atoms in total. The minimum Gasteiger partial charge on any atom is -0.252 e. The molecule has 1 aliphatic carbocycles. The summed E-state index contributed by atoms with van der Waals surface area (Å²) in [5.41, 5.74) is 3.82. The number of hydrogen-bond donors (Lipinski definition) is 0. The fraction of sp³-hybridized carbons (Fsp3) is 0.200. The number of isothiocyanates is 1. The van der Waals surface area contributed by atoms with Crippen molar-refractivity contribution in [2.75, 3.05) is 0 Å². The summed E-state index contributed by atoms with van der Waals surface area (Å²) in [5, 5.41) is 2.88. The second kappa shape index (κ2) is 5.22. The third kappa shape index (κ3) is 2.74. The van der Waals surface area contributed by atoms with E-state index in [-0.39, 0.29) is 0 Å². The minimum absolute atomic E-state index is 0.575. The van der Waals surface area contributed by atoms with Gasteiger partial charge in [-0.1, -0.05) is 35.9 Å². The van der Waals surface area contributed by atoms with E-state index in [0.29, 0.717) is 10.7 Å². The summed E-state index contributed by atoms with van der Waals surface area (Å²) in [6, 6.07) is 10.2. The van der Waals surface area contributed by atoms with Crippen LogP contribution in [0.4, 0.5) is 5.69 Å². The maximum atomic E-state index is 6.23. The van der Waals surface area contributed by atoms with Crippen molar-refractivity contribution in [1.82, 2.24) is 4.98 Å². The molecular weight excluding hydrogens is 276 g/mol. The average Bonchev–Trinajstić information content (AvgIpc) is 3.24. The van der Waals surface area contributed by atoms with Crippen molar-refractivity contribution >= 4 is 34.7 Å². The molecule has 1 heterocycles. The van der Waals surface area contributed by atoms with E-state index in [9.17, 15) is 0 Å². The Kier molecular flexibility index (Phi) is 3.43. The number of thiocarbonyl (C=S) groups is 1. The first-order chi connectivity index (χ1) is 9.28. The van der Waals surface area contributed by atoms with Gasteiger partial charge < -0.3 is 0 Å². The smallest absolute Gasteiger partial charge is 0.0937 e. The van der Waals surface area contributed by atoms with E-state index < -0.39 is 0 Å². The standard InChI is InChI=1S/C15H11ClN2S/c16-14-7-13(18-9-19)8-17-15(14)12-5-3-11(4-6-12)10-1-2-10/h3-8,10H,1-2H2. The van der Waals surface area contributed by atoms with Gasteiger partial charge in [-0.3, -0.25) is 4.98 Å². The van der Waals surface area contributed by atoms with E-state index in [4.69, 9.17) is 11.6 Å². The van der Waals surface area contributed by atoms with Gasteiger partial charge in [-0.2, -0.15) is 4.99 Å². The molecule has 0 amide bonds. The molecule has 1 saturated carbocycles.